The van der Waals surface area contributed by atoms with Crippen molar-refractivity contribution in [3.05, 3.63) is 52.7 Å². The fraction of sp³-hybridized carbons (Fsp3) is 0.316. The van der Waals surface area contributed by atoms with E-state index in [4.69, 9.17) is 0 Å². The van der Waals surface area contributed by atoms with Crippen LogP contribution >= 0.6 is 0 Å². The number of fused-ring (bicyclic) bond motifs is 2. The zero-order valence-electron chi connectivity index (χ0n) is 16.0. The van der Waals surface area contributed by atoms with Crippen molar-refractivity contribution in [2.24, 2.45) is 0 Å². The summed E-state index contributed by atoms with van der Waals surface area (Å²) in [5.41, 5.74) is 2.12. The molecule has 0 saturated heterocycles. The van der Waals surface area contributed by atoms with Crippen LogP contribution in [0.1, 0.15) is 40.3 Å². The molecule has 1 amide bonds. The molecule has 0 radical (unpaired) electrons. The highest BCUT2D eigenvalue weighted by molar-refractivity contribution is 5.98. The van der Waals surface area contributed by atoms with Gasteiger partial charge in [-0.05, 0) is 36.6 Å². The summed E-state index contributed by atoms with van der Waals surface area (Å²) in [4.78, 5) is 26.2. The SMILES string of the molecule is Cc1cc(C(=O)N2CC(c3cc(C(F)F)nc4ncnn34)=C3C[C@H]32)cc(OC(F)F)n1. The van der Waals surface area contributed by atoms with Gasteiger partial charge >= 0.3 is 6.61 Å². The van der Waals surface area contributed by atoms with Crippen molar-refractivity contribution >= 4 is 17.3 Å². The molecule has 3 aromatic heterocycles. The van der Waals surface area contributed by atoms with Crippen molar-refractivity contribution in [1.29, 1.82) is 0 Å². The van der Waals surface area contributed by atoms with Crippen molar-refractivity contribution in [3.8, 4) is 5.88 Å². The number of hydrogen-bond acceptors (Lipinski definition) is 6. The van der Waals surface area contributed by atoms with Crippen molar-refractivity contribution in [3.63, 3.8) is 0 Å². The van der Waals surface area contributed by atoms with E-state index < -0.39 is 24.6 Å². The number of carbonyl (C=O) groups excluding carboxylic acids is 1. The van der Waals surface area contributed by atoms with Crippen LogP contribution < -0.4 is 4.74 Å². The molecular weight excluding hydrogens is 420 g/mol. The first-order valence-corrected chi connectivity index (χ1v) is 9.27. The molecule has 1 aliphatic heterocycles. The normalized spacial score (nSPS) is 17.8. The summed E-state index contributed by atoms with van der Waals surface area (Å²) >= 11 is 0. The number of ether oxygens (including phenoxy) is 1. The van der Waals surface area contributed by atoms with Gasteiger partial charge in [-0.2, -0.15) is 23.4 Å². The molecule has 12 heteroatoms. The summed E-state index contributed by atoms with van der Waals surface area (Å²) in [6.45, 7) is -1.34. The molecule has 0 unspecified atom stereocenters. The third kappa shape index (κ3) is 3.37. The number of aryl methyl sites for hydroxylation is 1. The Balaban J connectivity index is 1.46. The fourth-order valence-corrected chi connectivity index (χ4v) is 3.85. The van der Waals surface area contributed by atoms with E-state index in [0.717, 1.165) is 5.57 Å². The van der Waals surface area contributed by atoms with Gasteiger partial charge in [-0.15, -0.1) is 0 Å². The molecule has 0 N–H and O–H groups in total. The molecule has 0 spiro atoms. The molecule has 1 atom stereocenters. The van der Waals surface area contributed by atoms with Crippen LogP contribution in [-0.4, -0.2) is 54.6 Å². The van der Waals surface area contributed by atoms with Crippen LogP contribution in [0.2, 0.25) is 0 Å². The first kappa shape index (κ1) is 19.4. The van der Waals surface area contributed by atoms with Crippen molar-refractivity contribution in [2.45, 2.75) is 32.4 Å². The zero-order chi connectivity index (χ0) is 21.9. The van der Waals surface area contributed by atoms with E-state index in [1.807, 2.05) is 0 Å². The minimum absolute atomic E-state index is 0.0430. The summed E-state index contributed by atoms with van der Waals surface area (Å²) < 4.78 is 57.4. The van der Waals surface area contributed by atoms with Gasteiger partial charge in [-0.25, -0.2) is 18.7 Å². The van der Waals surface area contributed by atoms with Crippen molar-refractivity contribution < 1.29 is 27.1 Å². The Bertz CT molecular complexity index is 1240. The Kier molecular flexibility index (Phi) is 4.38. The Labute approximate surface area is 172 Å². The minimum atomic E-state index is -3.06. The maximum atomic E-state index is 13.3. The van der Waals surface area contributed by atoms with Gasteiger partial charge in [0.05, 0.1) is 11.7 Å². The number of carbonyl (C=O) groups is 1. The van der Waals surface area contributed by atoms with E-state index in [1.165, 1.54) is 29.0 Å². The number of rotatable bonds is 5. The zero-order valence-corrected chi connectivity index (χ0v) is 16.0. The number of halogens is 4. The molecule has 31 heavy (non-hydrogen) atoms. The fourth-order valence-electron chi connectivity index (χ4n) is 3.85. The van der Waals surface area contributed by atoms with Crippen LogP contribution in [0.3, 0.4) is 0 Å². The highest BCUT2D eigenvalue weighted by atomic mass is 19.3. The summed E-state index contributed by atoms with van der Waals surface area (Å²) in [5, 5.41) is 4.06. The molecular formula is C19H14F4N6O2. The van der Waals surface area contributed by atoms with E-state index in [0.29, 0.717) is 23.4 Å². The molecule has 8 nitrogen and oxygen atoms in total. The third-order valence-electron chi connectivity index (χ3n) is 5.20. The molecule has 1 saturated carbocycles. The summed E-state index contributed by atoms with van der Waals surface area (Å²) in [6, 6.07) is 3.72. The first-order chi connectivity index (χ1) is 14.8. The van der Waals surface area contributed by atoms with Crippen LogP contribution in [0.5, 0.6) is 5.88 Å². The predicted molar refractivity (Wildman–Crippen MR) is 97.7 cm³/mol. The molecule has 1 aliphatic carbocycles. The molecule has 2 aliphatic rings. The minimum Gasteiger partial charge on any atom is -0.417 e. The third-order valence-corrected chi connectivity index (χ3v) is 5.20. The molecule has 3 aromatic rings. The summed E-state index contributed by atoms with van der Waals surface area (Å²) in [7, 11) is 0. The predicted octanol–water partition coefficient (Wildman–Crippen LogP) is 3.05. The van der Waals surface area contributed by atoms with Crippen LogP contribution in [0, 0.1) is 6.92 Å². The highest BCUT2D eigenvalue weighted by Crippen LogP contribution is 2.48. The van der Waals surface area contributed by atoms with Crippen LogP contribution in [0.4, 0.5) is 17.6 Å². The first-order valence-electron chi connectivity index (χ1n) is 9.27. The monoisotopic (exact) mass is 434 g/mol. The molecule has 4 heterocycles. The van der Waals surface area contributed by atoms with Crippen molar-refractivity contribution in [2.75, 3.05) is 6.54 Å². The van der Waals surface area contributed by atoms with E-state index in [1.54, 1.807) is 11.8 Å². The van der Waals surface area contributed by atoms with Gasteiger partial charge < -0.3 is 9.64 Å². The Hall–Kier alpha value is -3.57. The van der Waals surface area contributed by atoms with Gasteiger partial charge in [-0.3, -0.25) is 4.79 Å². The van der Waals surface area contributed by atoms with E-state index in [2.05, 4.69) is 24.8 Å². The number of pyridine rings is 1. The average molecular weight is 434 g/mol. The molecule has 160 valence electrons. The number of amides is 1. The van der Waals surface area contributed by atoms with E-state index in [-0.39, 0.29) is 29.8 Å². The number of aromatic nitrogens is 5. The molecule has 0 aromatic carbocycles. The topological polar surface area (TPSA) is 85.5 Å². The van der Waals surface area contributed by atoms with Crippen LogP contribution in [0.15, 0.2) is 30.1 Å². The Morgan fingerprint density at radius 2 is 2.00 bits per heavy atom. The lowest BCUT2D eigenvalue weighted by Crippen LogP contribution is -2.32. The number of alkyl halides is 4. The maximum absolute atomic E-state index is 13.3. The van der Waals surface area contributed by atoms with Crippen LogP contribution in [-0.2, 0) is 0 Å². The lowest BCUT2D eigenvalue weighted by atomic mass is 10.1. The molecule has 0 bridgehead atoms. The molecule has 1 fully saturated rings. The molecule has 5 rings (SSSR count). The summed E-state index contributed by atoms with van der Waals surface area (Å²) in [5.74, 6) is -0.694. The number of nitrogens with zero attached hydrogens (tertiary/aromatic N) is 6. The van der Waals surface area contributed by atoms with E-state index >= 15 is 0 Å². The average Bonchev–Trinajstić information content (AvgIpc) is 3.18. The van der Waals surface area contributed by atoms with Gasteiger partial charge in [0.2, 0.25) is 5.88 Å². The highest BCUT2D eigenvalue weighted by Gasteiger charge is 2.47. The second kappa shape index (κ2) is 7.00. The second-order valence-corrected chi connectivity index (χ2v) is 7.21. The summed E-state index contributed by atoms with van der Waals surface area (Å²) in [6.07, 6.45) is -0.972. The Morgan fingerprint density at radius 1 is 1.19 bits per heavy atom. The van der Waals surface area contributed by atoms with E-state index in [9.17, 15) is 22.4 Å². The van der Waals surface area contributed by atoms with Gasteiger partial charge in [0.25, 0.3) is 18.1 Å². The van der Waals surface area contributed by atoms with Gasteiger partial charge in [0.15, 0.2) is 0 Å². The quantitative estimate of drug-likeness (QED) is 0.574. The largest absolute Gasteiger partial charge is 0.417 e. The smallest absolute Gasteiger partial charge is 0.388 e. The van der Waals surface area contributed by atoms with Crippen LogP contribution in [0.25, 0.3) is 11.4 Å². The van der Waals surface area contributed by atoms with Gasteiger partial charge in [-0.1, -0.05) is 0 Å². The second-order valence-electron chi connectivity index (χ2n) is 7.21. The number of hydrogen-bond donors (Lipinski definition) is 0. The maximum Gasteiger partial charge on any atom is 0.388 e. The lowest BCUT2D eigenvalue weighted by molar-refractivity contribution is -0.0529. The lowest BCUT2D eigenvalue weighted by Gasteiger charge is -2.20. The van der Waals surface area contributed by atoms with Gasteiger partial charge in [0, 0.05) is 23.9 Å². The van der Waals surface area contributed by atoms with Crippen molar-refractivity contribution in [1.82, 2.24) is 29.5 Å². The standard InChI is InChI=1S/C19H14F4N6O2/c1-8-2-9(3-15(26-8)31-18(22)23)17(30)28-6-11(10-4-13(10)28)14-5-12(16(20)21)27-19-24-7-25-29(14)19/h2-3,5,7,13,16,18H,4,6H2,1H3/t13-/m1/s1. The Morgan fingerprint density at radius 3 is 2.74 bits per heavy atom. The van der Waals surface area contributed by atoms with Gasteiger partial charge in [0.1, 0.15) is 12.0 Å².